The zero-order valence-electron chi connectivity index (χ0n) is 17.4. The van der Waals surface area contributed by atoms with Crippen LogP contribution in [0.15, 0.2) is 54.6 Å². The zero-order chi connectivity index (χ0) is 21.3. The first-order chi connectivity index (χ1) is 14.5. The van der Waals surface area contributed by atoms with E-state index in [1.54, 1.807) is 24.3 Å². The van der Waals surface area contributed by atoms with Crippen molar-refractivity contribution in [3.05, 3.63) is 65.7 Å². The molecule has 2 aromatic rings. The van der Waals surface area contributed by atoms with Gasteiger partial charge >= 0.3 is 0 Å². The molecule has 1 atom stereocenters. The number of nitrogens with two attached hydrogens (primary N) is 1. The maximum atomic E-state index is 12.8. The molecular weight excluding hydrogens is 380 g/mol. The Morgan fingerprint density at radius 2 is 1.77 bits per heavy atom. The number of amides is 2. The van der Waals surface area contributed by atoms with Gasteiger partial charge in [-0.2, -0.15) is 0 Å². The Balaban J connectivity index is 1.69. The number of primary amides is 1. The smallest absolute Gasteiger partial charge is 0.250 e. The average Bonchev–Trinajstić information content (AvgIpc) is 2.75. The van der Waals surface area contributed by atoms with Crippen LogP contribution in [0.1, 0.15) is 22.8 Å². The summed E-state index contributed by atoms with van der Waals surface area (Å²) in [6.45, 7) is 7.18. The van der Waals surface area contributed by atoms with Crippen molar-refractivity contribution in [3.8, 4) is 0 Å². The second kappa shape index (κ2) is 10.9. The molecule has 1 aliphatic heterocycles. The number of morpholine rings is 1. The summed E-state index contributed by atoms with van der Waals surface area (Å²) in [7, 11) is 0. The number of benzene rings is 2. The van der Waals surface area contributed by atoms with Gasteiger partial charge in [0.2, 0.25) is 5.91 Å². The number of hydrogen-bond acceptors (Lipinski definition) is 5. The van der Waals surface area contributed by atoms with E-state index in [4.69, 9.17) is 10.5 Å². The van der Waals surface area contributed by atoms with Gasteiger partial charge in [-0.3, -0.25) is 19.4 Å². The third-order valence-electron chi connectivity index (χ3n) is 5.29. The minimum atomic E-state index is -0.562. The SMILES string of the molecule is CC(CN1CCOCC1)N(CC(=O)Nc1ccccc1C(N)=O)Cc1ccccc1. The van der Waals surface area contributed by atoms with Crippen LogP contribution in [0, 0.1) is 0 Å². The molecule has 0 saturated carbocycles. The first-order valence-corrected chi connectivity index (χ1v) is 10.3. The van der Waals surface area contributed by atoms with E-state index < -0.39 is 5.91 Å². The normalized spacial score (nSPS) is 15.7. The molecule has 1 aliphatic rings. The van der Waals surface area contributed by atoms with Crippen LogP contribution in [0.5, 0.6) is 0 Å². The van der Waals surface area contributed by atoms with E-state index in [9.17, 15) is 9.59 Å². The number of anilines is 1. The van der Waals surface area contributed by atoms with Crippen LogP contribution in [0.3, 0.4) is 0 Å². The fourth-order valence-corrected chi connectivity index (χ4v) is 3.64. The van der Waals surface area contributed by atoms with E-state index in [0.717, 1.165) is 38.4 Å². The molecule has 1 unspecified atom stereocenters. The van der Waals surface area contributed by atoms with Gasteiger partial charge in [0.1, 0.15) is 0 Å². The van der Waals surface area contributed by atoms with Crippen LogP contribution in [0.4, 0.5) is 5.69 Å². The van der Waals surface area contributed by atoms with Crippen molar-refractivity contribution in [2.24, 2.45) is 5.73 Å². The van der Waals surface area contributed by atoms with Gasteiger partial charge in [0.15, 0.2) is 0 Å². The first kappa shape index (κ1) is 22.0. The quantitative estimate of drug-likeness (QED) is 0.660. The number of rotatable bonds is 9. The Labute approximate surface area is 177 Å². The van der Waals surface area contributed by atoms with Gasteiger partial charge in [0.05, 0.1) is 31.0 Å². The van der Waals surface area contributed by atoms with E-state index in [-0.39, 0.29) is 18.5 Å². The molecule has 2 aromatic carbocycles. The van der Waals surface area contributed by atoms with Crippen molar-refractivity contribution in [2.75, 3.05) is 44.7 Å². The number of hydrogen-bond donors (Lipinski definition) is 2. The molecule has 1 fully saturated rings. The molecule has 7 heteroatoms. The summed E-state index contributed by atoms with van der Waals surface area (Å²) < 4.78 is 5.44. The zero-order valence-corrected chi connectivity index (χ0v) is 17.4. The van der Waals surface area contributed by atoms with Gasteiger partial charge in [-0.05, 0) is 24.6 Å². The van der Waals surface area contributed by atoms with Gasteiger partial charge in [0.25, 0.3) is 5.91 Å². The second-order valence-electron chi connectivity index (χ2n) is 7.61. The Hall–Kier alpha value is -2.74. The number of nitrogens with one attached hydrogen (secondary N) is 1. The number of para-hydroxylation sites is 1. The Morgan fingerprint density at radius 3 is 2.47 bits per heavy atom. The predicted molar refractivity (Wildman–Crippen MR) is 117 cm³/mol. The highest BCUT2D eigenvalue weighted by Crippen LogP contribution is 2.15. The van der Waals surface area contributed by atoms with Gasteiger partial charge in [-0.25, -0.2) is 0 Å². The molecule has 30 heavy (non-hydrogen) atoms. The number of nitrogens with zero attached hydrogens (tertiary/aromatic N) is 2. The third kappa shape index (κ3) is 6.38. The minimum absolute atomic E-state index is 0.167. The topological polar surface area (TPSA) is 87.9 Å². The van der Waals surface area contributed by atoms with Gasteiger partial charge in [-0.1, -0.05) is 42.5 Å². The van der Waals surface area contributed by atoms with E-state index in [0.29, 0.717) is 17.8 Å². The molecular formula is C23H30N4O3. The molecule has 0 aliphatic carbocycles. The fourth-order valence-electron chi connectivity index (χ4n) is 3.64. The first-order valence-electron chi connectivity index (χ1n) is 10.3. The van der Waals surface area contributed by atoms with Crippen LogP contribution in [-0.4, -0.2) is 67.0 Å². The maximum Gasteiger partial charge on any atom is 0.250 e. The highest BCUT2D eigenvalue weighted by molar-refractivity contribution is 6.03. The van der Waals surface area contributed by atoms with Gasteiger partial charge < -0.3 is 15.8 Å². The van der Waals surface area contributed by atoms with Crippen molar-refractivity contribution >= 4 is 17.5 Å². The lowest BCUT2D eigenvalue weighted by Crippen LogP contribution is -2.47. The van der Waals surface area contributed by atoms with E-state index >= 15 is 0 Å². The molecule has 7 nitrogen and oxygen atoms in total. The highest BCUT2D eigenvalue weighted by atomic mass is 16.5. The largest absolute Gasteiger partial charge is 0.379 e. The molecule has 0 aromatic heterocycles. The van der Waals surface area contributed by atoms with Crippen molar-refractivity contribution in [3.63, 3.8) is 0 Å². The van der Waals surface area contributed by atoms with Crippen LogP contribution >= 0.6 is 0 Å². The third-order valence-corrected chi connectivity index (χ3v) is 5.29. The van der Waals surface area contributed by atoms with E-state index in [1.807, 2.05) is 18.2 Å². The molecule has 1 saturated heterocycles. The molecule has 0 radical (unpaired) electrons. The maximum absolute atomic E-state index is 12.8. The summed E-state index contributed by atoms with van der Waals surface area (Å²) in [4.78, 5) is 29.0. The van der Waals surface area contributed by atoms with Crippen molar-refractivity contribution in [1.29, 1.82) is 0 Å². The van der Waals surface area contributed by atoms with Gasteiger partial charge in [-0.15, -0.1) is 0 Å². The standard InChI is InChI=1S/C23H30N4O3/c1-18(15-26-11-13-30-14-12-26)27(16-19-7-3-2-4-8-19)17-22(28)25-21-10-6-5-9-20(21)23(24)29/h2-10,18H,11-17H2,1H3,(H2,24,29)(H,25,28). The molecule has 2 amide bonds. The number of ether oxygens (including phenoxy) is 1. The summed E-state index contributed by atoms with van der Waals surface area (Å²) in [6.07, 6.45) is 0. The Bertz CT molecular complexity index is 837. The average molecular weight is 411 g/mol. The molecule has 0 spiro atoms. The van der Waals surface area contributed by atoms with Crippen molar-refractivity contribution < 1.29 is 14.3 Å². The summed E-state index contributed by atoms with van der Waals surface area (Å²) >= 11 is 0. The van der Waals surface area contributed by atoms with Crippen molar-refractivity contribution in [1.82, 2.24) is 9.80 Å². The summed E-state index contributed by atoms with van der Waals surface area (Å²) in [5.74, 6) is -0.735. The minimum Gasteiger partial charge on any atom is -0.379 e. The van der Waals surface area contributed by atoms with Crippen LogP contribution in [-0.2, 0) is 16.1 Å². The summed E-state index contributed by atoms with van der Waals surface area (Å²) in [5, 5.41) is 2.85. The van der Waals surface area contributed by atoms with E-state index in [2.05, 4.69) is 34.2 Å². The Morgan fingerprint density at radius 1 is 1.10 bits per heavy atom. The lowest BCUT2D eigenvalue weighted by Gasteiger charge is -2.34. The predicted octanol–water partition coefficient (Wildman–Crippen LogP) is 1.95. The lowest BCUT2D eigenvalue weighted by molar-refractivity contribution is -0.118. The number of carbonyl (C=O) groups is 2. The highest BCUT2D eigenvalue weighted by Gasteiger charge is 2.22. The van der Waals surface area contributed by atoms with Gasteiger partial charge in [0, 0.05) is 32.2 Å². The lowest BCUT2D eigenvalue weighted by atomic mass is 10.1. The summed E-state index contributed by atoms with van der Waals surface area (Å²) in [6, 6.07) is 17.1. The molecule has 3 N–H and O–H groups in total. The van der Waals surface area contributed by atoms with Crippen LogP contribution in [0.2, 0.25) is 0 Å². The molecule has 3 rings (SSSR count). The Kier molecular flexibility index (Phi) is 7.96. The monoisotopic (exact) mass is 410 g/mol. The fraction of sp³-hybridized carbons (Fsp3) is 0.391. The second-order valence-corrected chi connectivity index (χ2v) is 7.61. The summed E-state index contributed by atoms with van der Waals surface area (Å²) in [5.41, 5.74) is 7.33. The number of carbonyl (C=O) groups excluding carboxylic acids is 2. The molecule has 160 valence electrons. The molecule has 0 bridgehead atoms. The van der Waals surface area contributed by atoms with E-state index in [1.165, 1.54) is 0 Å². The van der Waals surface area contributed by atoms with Crippen LogP contribution in [0.25, 0.3) is 0 Å². The van der Waals surface area contributed by atoms with Crippen LogP contribution < -0.4 is 11.1 Å². The molecule has 1 heterocycles. The van der Waals surface area contributed by atoms with Crippen molar-refractivity contribution in [2.45, 2.75) is 19.5 Å².